The lowest BCUT2D eigenvalue weighted by Gasteiger charge is -2.05. The molecule has 1 aromatic rings. The number of aromatic nitrogens is 1. The van der Waals surface area contributed by atoms with E-state index in [1.165, 1.54) is 11.3 Å². The van der Waals surface area contributed by atoms with Crippen LogP contribution in [0.25, 0.3) is 0 Å². The van der Waals surface area contributed by atoms with Gasteiger partial charge in [-0.05, 0) is 14.0 Å². The summed E-state index contributed by atoms with van der Waals surface area (Å²) < 4.78 is 35.8. The van der Waals surface area contributed by atoms with Crippen molar-refractivity contribution in [2.45, 2.75) is 32.0 Å². The zero-order chi connectivity index (χ0) is 11.5. The lowest BCUT2D eigenvalue weighted by molar-refractivity contribution is -0.133. The van der Waals surface area contributed by atoms with Gasteiger partial charge in [-0.3, -0.25) is 0 Å². The smallest absolute Gasteiger partial charge is 0.312 e. The summed E-state index contributed by atoms with van der Waals surface area (Å²) in [7, 11) is 1.81. The number of rotatable bonds is 4. The molecule has 1 atom stereocenters. The minimum absolute atomic E-state index is 0.0232. The van der Waals surface area contributed by atoms with Crippen LogP contribution in [-0.2, 0) is 6.42 Å². The zero-order valence-corrected chi connectivity index (χ0v) is 9.37. The molecule has 1 rings (SSSR count). The van der Waals surface area contributed by atoms with Gasteiger partial charge in [-0.15, -0.1) is 11.3 Å². The molecule has 0 bridgehead atoms. The van der Waals surface area contributed by atoms with E-state index in [0.717, 1.165) is 4.88 Å². The van der Waals surface area contributed by atoms with Crippen LogP contribution < -0.4 is 5.32 Å². The Hall–Kier alpha value is -0.620. The number of halogens is 3. The maximum atomic E-state index is 11.9. The fourth-order valence-corrected chi connectivity index (χ4v) is 2.01. The second kappa shape index (κ2) is 4.94. The summed E-state index contributed by atoms with van der Waals surface area (Å²) in [5.74, 6) is 0. The van der Waals surface area contributed by atoms with Gasteiger partial charge in [0.05, 0.1) is 5.01 Å². The third-order valence-corrected chi connectivity index (χ3v) is 3.29. The maximum Gasteiger partial charge on any atom is 0.389 e. The number of thiazole rings is 1. The molecule has 0 fully saturated rings. The molecule has 1 heterocycles. The van der Waals surface area contributed by atoms with Crippen molar-refractivity contribution < 1.29 is 13.2 Å². The van der Waals surface area contributed by atoms with Crippen LogP contribution in [0.15, 0.2) is 6.20 Å². The second-order valence-electron chi connectivity index (χ2n) is 3.28. The third kappa shape index (κ3) is 4.17. The van der Waals surface area contributed by atoms with Crippen LogP contribution in [0.4, 0.5) is 13.2 Å². The Kier molecular flexibility index (Phi) is 4.10. The minimum Gasteiger partial charge on any atom is -0.312 e. The number of hydrogen-bond acceptors (Lipinski definition) is 3. The molecule has 0 aliphatic rings. The average Bonchev–Trinajstić information content (AvgIpc) is 2.61. The van der Waals surface area contributed by atoms with E-state index in [1.54, 1.807) is 13.2 Å². The molecule has 1 N–H and O–H groups in total. The summed E-state index contributed by atoms with van der Waals surface area (Å²) in [6.07, 6.45) is -3.28. The molecule has 0 aliphatic heterocycles. The summed E-state index contributed by atoms with van der Waals surface area (Å²) in [4.78, 5) is 4.93. The highest BCUT2D eigenvalue weighted by molar-refractivity contribution is 7.11. The summed E-state index contributed by atoms with van der Waals surface area (Å²) in [6, 6.07) is 0.141. The Bertz CT molecular complexity index is 309. The minimum atomic E-state index is -4.10. The van der Waals surface area contributed by atoms with Crippen LogP contribution in [-0.4, -0.2) is 18.2 Å². The molecule has 86 valence electrons. The summed E-state index contributed by atoms with van der Waals surface area (Å²) in [5, 5.41) is 3.56. The lowest BCUT2D eigenvalue weighted by atomic mass is 10.3. The zero-order valence-electron chi connectivity index (χ0n) is 8.56. The predicted octanol–water partition coefficient (Wildman–Crippen LogP) is 2.92. The normalized spacial score (nSPS) is 14.2. The monoisotopic (exact) mass is 238 g/mol. The van der Waals surface area contributed by atoms with E-state index >= 15 is 0 Å². The summed E-state index contributed by atoms with van der Waals surface area (Å²) >= 11 is 1.33. The highest BCUT2D eigenvalue weighted by atomic mass is 32.1. The van der Waals surface area contributed by atoms with Gasteiger partial charge in [0.25, 0.3) is 0 Å². The number of nitrogens with one attached hydrogen (secondary N) is 1. The van der Waals surface area contributed by atoms with E-state index in [1.807, 2.05) is 6.92 Å². The van der Waals surface area contributed by atoms with E-state index in [-0.39, 0.29) is 12.5 Å². The largest absolute Gasteiger partial charge is 0.389 e. The van der Waals surface area contributed by atoms with Crippen molar-refractivity contribution in [2.75, 3.05) is 7.05 Å². The quantitative estimate of drug-likeness (QED) is 0.872. The first-order valence-electron chi connectivity index (χ1n) is 4.61. The molecule has 1 unspecified atom stereocenters. The van der Waals surface area contributed by atoms with Crippen molar-refractivity contribution in [2.24, 2.45) is 0 Å². The number of alkyl halides is 3. The van der Waals surface area contributed by atoms with E-state index in [9.17, 15) is 13.2 Å². The molecule has 0 radical (unpaired) electrons. The molecule has 6 heteroatoms. The van der Waals surface area contributed by atoms with E-state index in [0.29, 0.717) is 5.01 Å². The van der Waals surface area contributed by atoms with Crippen LogP contribution in [0.3, 0.4) is 0 Å². The Balaban J connectivity index is 2.53. The van der Waals surface area contributed by atoms with Gasteiger partial charge < -0.3 is 5.32 Å². The van der Waals surface area contributed by atoms with Crippen molar-refractivity contribution in [3.8, 4) is 0 Å². The highest BCUT2D eigenvalue weighted by Crippen LogP contribution is 2.25. The SMILES string of the molecule is CNC(C)c1cnc(CCC(F)(F)F)s1. The highest BCUT2D eigenvalue weighted by Gasteiger charge is 2.27. The van der Waals surface area contributed by atoms with Crippen molar-refractivity contribution in [1.29, 1.82) is 0 Å². The molecule has 0 amide bonds. The summed E-state index contributed by atoms with van der Waals surface area (Å²) in [5.41, 5.74) is 0. The fourth-order valence-electron chi connectivity index (χ4n) is 1.03. The Morgan fingerprint density at radius 1 is 1.53 bits per heavy atom. The van der Waals surface area contributed by atoms with Gasteiger partial charge in [0, 0.05) is 30.0 Å². The first kappa shape index (κ1) is 12.4. The number of aryl methyl sites for hydroxylation is 1. The van der Waals surface area contributed by atoms with Crippen molar-refractivity contribution in [3.05, 3.63) is 16.1 Å². The number of hydrogen-bond donors (Lipinski definition) is 1. The van der Waals surface area contributed by atoms with Gasteiger partial charge in [0.1, 0.15) is 0 Å². The van der Waals surface area contributed by atoms with Crippen LogP contribution in [0.5, 0.6) is 0 Å². The third-order valence-electron chi connectivity index (χ3n) is 2.05. The van der Waals surface area contributed by atoms with Crippen LogP contribution in [0.2, 0.25) is 0 Å². The topological polar surface area (TPSA) is 24.9 Å². The molecule has 2 nitrogen and oxygen atoms in total. The van der Waals surface area contributed by atoms with Gasteiger partial charge in [-0.1, -0.05) is 0 Å². The van der Waals surface area contributed by atoms with Crippen molar-refractivity contribution >= 4 is 11.3 Å². The molecule has 1 aromatic heterocycles. The standard InChI is InChI=1S/C9H13F3N2S/c1-6(13-2)7-5-14-8(15-7)3-4-9(10,11)12/h5-6,13H,3-4H2,1-2H3. The first-order valence-corrected chi connectivity index (χ1v) is 5.42. The Morgan fingerprint density at radius 2 is 2.20 bits per heavy atom. The van der Waals surface area contributed by atoms with Gasteiger partial charge >= 0.3 is 6.18 Å². The van der Waals surface area contributed by atoms with Gasteiger partial charge in [0.15, 0.2) is 0 Å². The predicted molar refractivity (Wildman–Crippen MR) is 54.0 cm³/mol. The Labute approximate surface area is 90.5 Å². The van der Waals surface area contributed by atoms with Crippen molar-refractivity contribution in [3.63, 3.8) is 0 Å². The molecule has 15 heavy (non-hydrogen) atoms. The van der Waals surface area contributed by atoms with Crippen LogP contribution >= 0.6 is 11.3 Å². The maximum absolute atomic E-state index is 11.9. The average molecular weight is 238 g/mol. The molecule has 0 spiro atoms. The summed E-state index contributed by atoms with van der Waals surface area (Å²) in [6.45, 7) is 1.95. The van der Waals surface area contributed by atoms with Crippen LogP contribution in [0, 0.1) is 0 Å². The Morgan fingerprint density at radius 3 is 2.73 bits per heavy atom. The lowest BCUT2D eigenvalue weighted by Crippen LogP contribution is -2.10. The number of nitrogens with zero attached hydrogens (tertiary/aromatic N) is 1. The molecule has 0 aromatic carbocycles. The second-order valence-corrected chi connectivity index (χ2v) is 4.43. The molecule has 0 aliphatic carbocycles. The molecule has 0 saturated heterocycles. The van der Waals surface area contributed by atoms with E-state index < -0.39 is 12.6 Å². The van der Waals surface area contributed by atoms with Crippen molar-refractivity contribution in [1.82, 2.24) is 10.3 Å². The molecule has 0 saturated carbocycles. The fraction of sp³-hybridized carbons (Fsp3) is 0.667. The molecular formula is C9H13F3N2S. The van der Waals surface area contributed by atoms with E-state index in [4.69, 9.17) is 0 Å². The van der Waals surface area contributed by atoms with Crippen LogP contribution in [0.1, 0.15) is 29.3 Å². The van der Waals surface area contributed by atoms with E-state index in [2.05, 4.69) is 10.3 Å². The molecular weight excluding hydrogens is 225 g/mol. The van der Waals surface area contributed by atoms with Gasteiger partial charge in [-0.2, -0.15) is 13.2 Å². The first-order chi connectivity index (χ1) is 6.92. The van der Waals surface area contributed by atoms with Gasteiger partial charge in [-0.25, -0.2) is 4.98 Å². The van der Waals surface area contributed by atoms with Gasteiger partial charge in [0.2, 0.25) is 0 Å².